The average molecular weight is 564 g/mol. The van der Waals surface area contributed by atoms with Crippen molar-refractivity contribution in [2.45, 2.75) is 4.90 Å². The lowest BCUT2D eigenvalue weighted by Crippen LogP contribution is -2.16. The smallest absolute Gasteiger partial charge is 0.262 e. The number of rotatable bonds is 7. The second kappa shape index (κ2) is 10.3. The Morgan fingerprint density at radius 2 is 1.85 bits per heavy atom. The fourth-order valence-corrected chi connectivity index (χ4v) is 5.26. The van der Waals surface area contributed by atoms with Gasteiger partial charge in [0.05, 0.1) is 16.1 Å². The van der Waals surface area contributed by atoms with Gasteiger partial charge in [-0.15, -0.1) is 0 Å². The van der Waals surface area contributed by atoms with Crippen molar-refractivity contribution in [1.82, 2.24) is 9.97 Å². The molecule has 202 valence electrons. The van der Waals surface area contributed by atoms with Crippen molar-refractivity contribution in [3.05, 3.63) is 107 Å². The lowest BCUT2D eigenvalue weighted by atomic mass is 9.99. The standard InChI is InChI=1S/C28H20F3N5O3S/c1-33-12-17-9-15(5-7-23(17)32)16-10-20-21(14-35-28(20)34-13-16)27(37)25-22(30)6-8-24(26(25)31)36-40(38,39)19-4-2-3-18(29)11-19/h2-14,36H,32H2,1H3,(H,34,35). The highest BCUT2D eigenvalue weighted by atomic mass is 32.2. The third-order valence-corrected chi connectivity index (χ3v) is 7.50. The first-order valence-corrected chi connectivity index (χ1v) is 13.2. The van der Waals surface area contributed by atoms with E-state index in [1.807, 2.05) is 4.72 Å². The number of halogens is 3. The second-order valence-electron chi connectivity index (χ2n) is 8.73. The Labute approximate surface area is 226 Å². The summed E-state index contributed by atoms with van der Waals surface area (Å²) in [6.07, 6.45) is 4.43. The molecule has 5 rings (SSSR count). The van der Waals surface area contributed by atoms with Crippen molar-refractivity contribution in [2.24, 2.45) is 4.99 Å². The number of carbonyl (C=O) groups is 1. The third-order valence-electron chi connectivity index (χ3n) is 6.13. The number of H-pyrrole nitrogens is 1. The van der Waals surface area contributed by atoms with Crippen LogP contribution in [-0.2, 0) is 10.0 Å². The minimum Gasteiger partial charge on any atom is -0.398 e. The Balaban J connectivity index is 1.55. The number of hydrogen-bond donors (Lipinski definition) is 3. The van der Waals surface area contributed by atoms with Gasteiger partial charge in [-0.25, -0.2) is 26.6 Å². The van der Waals surface area contributed by atoms with Crippen LogP contribution < -0.4 is 10.5 Å². The van der Waals surface area contributed by atoms with E-state index in [4.69, 9.17) is 5.73 Å². The molecule has 0 aliphatic rings. The molecule has 12 heteroatoms. The number of benzene rings is 3. The van der Waals surface area contributed by atoms with Crippen LogP contribution in [0.2, 0.25) is 0 Å². The van der Waals surface area contributed by atoms with Crippen LogP contribution in [0.5, 0.6) is 0 Å². The number of fused-ring (bicyclic) bond motifs is 1. The van der Waals surface area contributed by atoms with Crippen LogP contribution in [0, 0.1) is 17.5 Å². The number of aromatic amines is 1. The third kappa shape index (κ3) is 4.92. The van der Waals surface area contributed by atoms with E-state index in [1.54, 1.807) is 43.7 Å². The summed E-state index contributed by atoms with van der Waals surface area (Å²) in [5.41, 5.74) is 7.04. The highest BCUT2D eigenvalue weighted by Crippen LogP contribution is 2.31. The van der Waals surface area contributed by atoms with E-state index in [-0.39, 0.29) is 10.9 Å². The highest BCUT2D eigenvalue weighted by Gasteiger charge is 2.26. The molecule has 0 amide bonds. The largest absolute Gasteiger partial charge is 0.398 e. The minimum absolute atomic E-state index is 0.0851. The zero-order valence-corrected chi connectivity index (χ0v) is 21.6. The summed E-state index contributed by atoms with van der Waals surface area (Å²) >= 11 is 0. The van der Waals surface area contributed by atoms with Gasteiger partial charge in [-0.05, 0) is 54.1 Å². The van der Waals surface area contributed by atoms with E-state index < -0.39 is 49.4 Å². The van der Waals surface area contributed by atoms with E-state index in [9.17, 15) is 22.0 Å². The van der Waals surface area contributed by atoms with Gasteiger partial charge in [-0.3, -0.25) is 14.5 Å². The van der Waals surface area contributed by atoms with Gasteiger partial charge in [0.25, 0.3) is 10.0 Å². The van der Waals surface area contributed by atoms with E-state index >= 15 is 4.39 Å². The molecule has 0 atom stereocenters. The molecule has 0 saturated carbocycles. The molecule has 0 saturated heterocycles. The molecule has 40 heavy (non-hydrogen) atoms. The molecule has 0 aliphatic heterocycles. The zero-order chi connectivity index (χ0) is 28.6. The van der Waals surface area contributed by atoms with Crippen LogP contribution in [-0.4, -0.2) is 37.4 Å². The summed E-state index contributed by atoms with van der Waals surface area (Å²) in [7, 11) is -2.84. The van der Waals surface area contributed by atoms with Gasteiger partial charge in [-0.1, -0.05) is 12.1 Å². The Morgan fingerprint density at radius 3 is 2.60 bits per heavy atom. The number of aliphatic imine (C=N–C) groups is 1. The molecule has 3 aromatic carbocycles. The van der Waals surface area contributed by atoms with Gasteiger partial charge >= 0.3 is 0 Å². The number of aromatic nitrogens is 2. The molecule has 0 radical (unpaired) electrons. The Kier molecular flexibility index (Phi) is 6.86. The van der Waals surface area contributed by atoms with Crippen molar-refractivity contribution in [3.63, 3.8) is 0 Å². The molecule has 0 aliphatic carbocycles. The number of pyridine rings is 1. The summed E-state index contributed by atoms with van der Waals surface area (Å²) in [5.74, 6) is -4.48. The van der Waals surface area contributed by atoms with Crippen molar-refractivity contribution in [3.8, 4) is 11.1 Å². The van der Waals surface area contributed by atoms with Gasteiger partial charge in [0.1, 0.15) is 17.3 Å². The Morgan fingerprint density at radius 1 is 1.05 bits per heavy atom. The predicted octanol–water partition coefficient (Wildman–Crippen LogP) is 5.31. The molecule has 2 aromatic heterocycles. The molecule has 0 unspecified atom stereocenters. The monoisotopic (exact) mass is 563 g/mol. The maximum absolute atomic E-state index is 15.5. The molecule has 8 nitrogen and oxygen atoms in total. The van der Waals surface area contributed by atoms with Gasteiger partial charge in [0, 0.05) is 53.4 Å². The van der Waals surface area contributed by atoms with Crippen molar-refractivity contribution in [1.29, 1.82) is 0 Å². The number of hydrogen-bond acceptors (Lipinski definition) is 6. The first-order chi connectivity index (χ1) is 19.1. The first-order valence-electron chi connectivity index (χ1n) is 11.7. The van der Waals surface area contributed by atoms with Crippen LogP contribution in [0.3, 0.4) is 0 Å². The van der Waals surface area contributed by atoms with Crippen molar-refractivity contribution >= 4 is 44.4 Å². The lowest BCUT2D eigenvalue weighted by Gasteiger charge is -2.12. The molecule has 0 fully saturated rings. The molecule has 5 aromatic rings. The highest BCUT2D eigenvalue weighted by molar-refractivity contribution is 7.92. The molecule has 2 heterocycles. The number of nitrogen functional groups attached to an aromatic ring is 1. The maximum Gasteiger partial charge on any atom is 0.262 e. The first kappa shape index (κ1) is 26.6. The topological polar surface area (TPSA) is 130 Å². The van der Waals surface area contributed by atoms with Gasteiger partial charge in [0.2, 0.25) is 5.78 Å². The van der Waals surface area contributed by atoms with E-state index in [2.05, 4.69) is 15.0 Å². The van der Waals surface area contributed by atoms with Crippen LogP contribution in [0.4, 0.5) is 24.5 Å². The summed E-state index contributed by atoms with van der Waals surface area (Å²) in [5, 5.41) is 0.287. The van der Waals surface area contributed by atoms with Crippen molar-refractivity contribution < 1.29 is 26.4 Å². The number of ketones is 1. The minimum atomic E-state index is -4.45. The normalized spacial score (nSPS) is 11.8. The predicted molar refractivity (Wildman–Crippen MR) is 146 cm³/mol. The average Bonchev–Trinajstić information content (AvgIpc) is 3.35. The van der Waals surface area contributed by atoms with Crippen LogP contribution in [0.25, 0.3) is 22.2 Å². The molecule has 0 spiro atoms. The van der Waals surface area contributed by atoms with E-state index in [0.29, 0.717) is 28.0 Å². The summed E-state index contributed by atoms with van der Waals surface area (Å²) < 4.78 is 71.2. The second-order valence-corrected chi connectivity index (χ2v) is 10.4. The number of nitrogens with two attached hydrogens (primary N) is 1. The van der Waals surface area contributed by atoms with Crippen LogP contribution >= 0.6 is 0 Å². The molecular formula is C28H20F3N5O3S. The van der Waals surface area contributed by atoms with Gasteiger partial charge in [-0.2, -0.15) is 0 Å². The SMILES string of the molecule is CN=Cc1cc(-c2cnc3[nH]cc(C(=O)c4c(F)ccc(NS(=O)(=O)c5cccc(F)c5)c4F)c3c2)ccc1N. The summed E-state index contributed by atoms with van der Waals surface area (Å²) in [4.78, 5) is 24.1. The van der Waals surface area contributed by atoms with Crippen LogP contribution in [0.1, 0.15) is 21.5 Å². The number of nitrogens with zero attached hydrogens (tertiary/aromatic N) is 2. The Bertz CT molecular complexity index is 1940. The zero-order valence-electron chi connectivity index (χ0n) is 20.7. The van der Waals surface area contributed by atoms with Crippen LogP contribution in [0.15, 0.2) is 82.9 Å². The molecule has 4 N–H and O–H groups in total. The number of anilines is 2. The number of sulfonamides is 1. The quantitative estimate of drug-likeness (QED) is 0.140. The number of carbonyl (C=O) groups excluding carboxylic acids is 1. The maximum atomic E-state index is 15.5. The molecule has 0 bridgehead atoms. The van der Waals surface area contributed by atoms with E-state index in [0.717, 1.165) is 30.3 Å². The Hall–Kier alpha value is -4.97. The summed E-state index contributed by atoms with van der Waals surface area (Å²) in [6.45, 7) is 0. The van der Waals surface area contributed by atoms with Gasteiger partial charge in [0.15, 0.2) is 5.82 Å². The van der Waals surface area contributed by atoms with Gasteiger partial charge < -0.3 is 10.7 Å². The number of nitrogens with one attached hydrogen (secondary N) is 2. The fourth-order valence-electron chi connectivity index (χ4n) is 4.17. The van der Waals surface area contributed by atoms with E-state index in [1.165, 1.54) is 12.3 Å². The van der Waals surface area contributed by atoms with Crippen molar-refractivity contribution in [2.75, 3.05) is 17.5 Å². The summed E-state index contributed by atoms with van der Waals surface area (Å²) in [6, 6.07) is 12.5. The lowest BCUT2D eigenvalue weighted by molar-refractivity contribution is 0.103. The fraction of sp³-hybridized carbons (Fsp3) is 0.0357. The molecular weight excluding hydrogens is 543 g/mol.